The van der Waals surface area contributed by atoms with Gasteiger partial charge in [0.1, 0.15) is 5.03 Å². The van der Waals surface area contributed by atoms with Gasteiger partial charge in [-0.1, -0.05) is 47.5 Å². The number of hydrogen-bond donors (Lipinski definition) is 1. The van der Waals surface area contributed by atoms with Crippen LogP contribution in [0, 0.1) is 29.6 Å². The maximum Gasteiger partial charge on any atom is 0.426 e. The Hall–Kier alpha value is -0.180. The van der Waals surface area contributed by atoms with Crippen LogP contribution in [0.4, 0.5) is 13.2 Å². The smallest absolute Gasteiger partial charge is 0.388 e. The largest absolute Gasteiger partial charge is 0.426 e. The summed E-state index contributed by atoms with van der Waals surface area (Å²) in [5, 5.41) is 9.51. The van der Waals surface area contributed by atoms with Crippen molar-refractivity contribution >= 4 is 27.5 Å². The van der Waals surface area contributed by atoms with E-state index in [1.807, 2.05) is 0 Å². The molecule has 0 radical (unpaired) electrons. The molecule has 1 fully saturated rings. The lowest BCUT2D eigenvalue weighted by atomic mass is 9.91. The summed E-state index contributed by atoms with van der Waals surface area (Å²) in [6.45, 7) is 3.59. The Balaban J connectivity index is 2.99. The van der Waals surface area contributed by atoms with Crippen molar-refractivity contribution < 1.29 is 18.3 Å². The first-order chi connectivity index (χ1) is 8.50. The van der Waals surface area contributed by atoms with E-state index in [9.17, 15) is 18.3 Å². The fraction of sp³-hybridized carbons (Fsp3) is 0.692. The quantitative estimate of drug-likeness (QED) is 0.592. The van der Waals surface area contributed by atoms with Crippen molar-refractivity contribution in [3.8, 4) is 12.3 Å². The molecular weight excluding hydrogens is 344 g/mol. The standard InChI is InChI=1S/C13H15BrClF3O/c1-4-5-12(19,7-14)10-8(11(10,2)3)6-9(15)13(16,17)18/h1,6,8,10,19H,5,7H2,2-3H3/b9-6+/t8-,10+,12?/m1/s1. The molecule has 108 valence electrons. The lowest BCUT2D eigenvalue weighted by molar-refractivity contribution is -0.0849. The Kier molecular flexibility index (Phi) is 4.71. The maximum atomic E-state index is 12.4. The first-order valence-electron chi connectivity index (χ1n) is 5.67. The van der Waals surface area contributed by atoms with Gasteiger partial charge in [-0.15, -0.1) is 12.3 Å². The van der Waals surface area contributed by atoms with Gasteiger partial charge in [-0.2, -0.15) is 13.2 Å². The summed E-state index contributed by atoms with van der Waals surface area (Å²) in [5.41, 5.74) is -1.69. The molecule has 1 aliphatic rings. The van der Waals surface area contributed by atoms with Gasteiger partial charge in [0.05, 0.1) is 5.60 Å². The second kappa shape index (κ2) is 5.31. The van der Waals surface area contributed by atoms with Crippen LogP contribution in [0.2, 0.25) is 0 Å². The van der Waals surface area contributed by atoms with Crippen LogP contribution in [0.15, 0.2) is 11.1 Å². The van der Waals surface area contributed by atoms with Crippen LogP contribution in [0.1, 0.15) is 20.3 Å². The van der Waals surface area contributed by atoms with Gasteiger partial charge in [0.15, 0.2) is 0 Å². The Bertz CT molecular complexity index is 425. The number of aliphatic hydroxyl groups is 1. The van der Waals surface area contributed by atoms with Crippen LogP contribution >= 0.6 is 27.5 Å². The number of terminal acetylenes is 1. The minimum atomic E-state index is -4.55. The molecule has 0 amide bonds. The fourth-order valence-electron chi connectivity index (χ4n) is 2.68. The molecule has 0 saturated heterocycles. The lowest BCUT2D eigenvalue weighted by Crippen LogP contribution is -2.35. The molecule has 1 saturated carbocycles. The number of halogens is 5. The van der Waals surface area contributed by atoms with Gasteiger partial charge < -0.3 is 5.11 Å². The molecule has 1 N–H and O–H groups in total. The molecule has 0 aromatic heterocycles. The van der Waals surface area contributed by atoms with E-state index in [1.165, 1.54) is 0 Å². The Labute approximate surface area is 124 Å². The molecule has 0 aliphatic heterocycles. The highest BCUT2D eigenvalue weighted by Crippen LogP contribution is 2.65. The molecular formula is C13H15BrClF3O. The van der Waals surface area contributed by atoms with E-state index in [2.05, 4.69) is 21.9 Å². The van der Waals surface area contributed by atoms with Crippen LogP contribution in [0.5, 0.6) is 0 Å². The Morgan fingerprint density at radius 3 is 2.42 bits per heavy atom. The molecule has 0 bridgehead atoms. The summed E-state index contributed by atoms with van der Waals surface area (Å²) < 4.78 is 37.3. The van der Waals surface area contributed by atoms with Gasteiger partial charge in [-0.3, -0.25) is 0 Å². The molecule has 1 rings (SSSR count). The monoisotopic (exact) mass is 358 g/mol. The zero-order valence-electron chi connectivity index (χ0n) is 10.6. The van der Waals surface area contributed by atoms with Crippen LogP contribution in [-0.4, -0.2) is 22.2 Å². The van der Waals surface area contributed by atoms with Gasteiger partial charge in [-0.25, -0.2) is 0 Å². The molecule has 0 spiro atoms. The topological polar surface area (TPSA) is 20.2 Å². The second-order valence-corrected chi connectivity index (χ2v) is 6.42. The molecule has 1 unspecified atom stereocenters. The van der Waals surface area contributed by atoms with E-state index in [0.717, 1.165) is 6.08 Å². The molecule has 1 aliphatic carbocycles. The van der Waals surface area contributed by atoms with Gasteiger partial charge in [0.25, 0.3) is 0 Å². The van der Waals surface area contributed by atoms with Crippen LogP contribution in [0.25, 0.3) is 0 Å². The van der Waals surface area contributed by atoms with Crippen LogP contribution in [0.3, 0.4) is 0 Å². The third-order valence-electron chi connectivity index (χ3n) is 3.73. The third-order valence-corrected chi connectivity index (χ3v) is 5.04. The minimum absolute atomic E-state index is 0.0837. The highest BCUT2D eigenvalue weighted by atomic mass is 79.9. The Morgan fingerprint density at radius 2 is 2.05 bits per heavy atom. The molecule has 0 aromatic rings. The minimum Gasteiger partial charge on any atom is -0.388 e. The van der Waals surface area contributed by atoms with Crippen molar-refractivity contribution in [3.05, 3.63) is 11.1 Å². The van der Waals surface area contributed by atoms with Gasteiger partial charge in [-0.05, 0) is 11.3 Å². The predicted octanol–water partition coefficient (Wildman–Crippen LogP) is 4.09. The molecule has 0 aromatic carbocycles. The van der Waals surface area contributed by atoms with Crippen molar-refractivity contribution in [1.29, 1.82) is 0 Å². The molecule has 3 atom stereocenters. The van der Waals surface area contributed by atoms with Crippen molar-refractivity contribution in [2.45, 2.75) is 32.0 Å². The number of rotatable bonds is 4. The van der Waals surface area contributed by atoms with Crippen molar-refractivity contribution in [2.75, 3.05) is 5.33 Å². The summed E-state index contributed by atoms with van der Waals surface area (Å²) >= 11 is 8.43. The summed E-state index contributed by atoms with van der Waals surface area (Å²) in [4.78, 5) is 0. The SMILES string of the molecule is C#CCC(O)(CBr)[C@H]1[C@@H](/C=C(/Cl)C(F)(F)F)C1(C)C. The Morgan fingerprint density at radius 1 is 1.53 bits per heavy atom. The maximum absolute atomic E-state index is 12.4. The highest BCUT2D eigenvalue weighted by Gasteiger charge is 2.65. The highest BCUT2D eigenvalue weighted by molar-refractivity contribution is 9.09. The third kappa shape index (κ3) is 3.29. The van der Waals surface area contributed by atoms with E-state index in [4.69, 9.17) is 18.0 Å². The normalized spacial score (nSPS) is 29.5. The molecule has 19 heavy (non-hydrogen) atoms. The first kappa shape index (κ1) is 16.9. The second-order valence-electron chi connectivity index (χ2n) is 5.46. The average molecular weight is 360 g/mol. The van der Waals surface area contributed by atoms with Crippen molar-refractivity contribution in [1.82, 2.24) is 0 Å². The number of alkyl halides is 4. The van der Waals surface area contributed by atoms with Gasteiger partial charge in [0, 0.05) is 17.7 Å². The number of allylic oxidation sites excluding steroid dienone is 2. The molecule has 1 nitrogen and oxygen atoms in total. The average Bonchev–Trinajstić information content (AvgIpc) is 2.80. The lowest BCUT2D eigenvalue weighted by Gasteiger charge is -2.25. The van der Waals surface area contributed by atoms with Gasteiger partial charge in [0.2, 0.25) is 0 Å². The summed E-state index contributed by atoms with van der Waals surface area (Å²) in [7, 11) is 0. The van der Waals surface area contributed by atoms with Gasteiger partial charge >= 0.3 is 6.18 Å². The zero-order valence-corrected chi connectivity index (χ0v) is 12.9. The van der Waals surface area contributed by atoms with Crippen LogP contribution in [-0.2, 0) is 0 Å². The van der Waals surface area contributed by atoms with E-state index >= 15 is 0 Å². The zero-order chi connectivity index (χ0) is 15.1. The van der Waals surface area contributed by atoms with E-state index < -0.39 is 28.1 Å². The van der Waals surface area contributed by atoms with Crippen LogP contribution < -0.4 is 0 Å². The van der Waals surface area contributed by atoms with Crippen molar-refractivity contribution in [3.63, 3.8) is 0 Å². The van der Waals surface area contributed by atoms with Crippen molar-refractivity contribution in [2.24, 2.45) is 17.3 Å². The summed E-state index contributed by atoms with van der Waals surface area (Å²) in [5.74, 6) is 1.56. The molecule has 0 heterocycles. The predicted molar refractivity (Wildman–Crippen MR) is 72.9 cm³/mol. The van der Waals surface area contributed by atoms with E-state index in [1.54, 1.807) is 13.8 Å². The summed E-state index contributed by atoms with van der Waals surface area (Å²) in [6, 6.07) is 0. The fourth-order valence-corrected chi connectivity index (χ4v) is 3.37. The van der Waals surface area contributed by atoms with E-state index in [-0.39, 0.29) is 17.7 Å². The molecule has 6 heteroatoms. The summed E-state index contributed by atoms with van der Waals surface area (Å²) in [6.07, 6.45) is 1.72. The number of hydrogen-bond acceptors (Lipinski definition) is 1. The van der Waals surface area contributed by atoms with E-state index in [0.29, 0.717) is 0 Å². The first-order valence-corrected chi connectivity index (χ1v) is 7.17.